The normalized spacial score (nSPS) is 10.2. The van der Waals surface area contributed by atoms with E-state index in [9.17, 15) is 13.6 Å². The van der Waals surface area contributed by atoms with Crippen LogP contribution in [0, 0.1) is 11.3 Å². The molecular formula is C12H11F2NO3. The monoisotopic (exact) mass is 255 g/mol. The smallest absolute Gasteiger partial charge is 0.387 e. The molecule has 0 unspecified atom stereocenters. The molecule has 4 nitrogen and oxygen atoms in total. The van der Waals surface area contributed by atoms with Gasteiger partial charge in [0.05, 0.1) is 18.1 Å². The number of hydrogen-bond donors (Lipinski definition) is 1. The first-order chi connectivity index (χ1) is 8.47. The first-order valence-corrected chi connectivity index (χ1v) is 5.20. The fraction of sp³-hybridized carbons (Fsp3) is 0.333. The largest absolute Gasteiger partial charge is 0.481 e. The highest BCUT2D eigenvalue weighted by Gasteiger charge is 2.15. The van der Waals surface area contributed by atoms with Gasteiger partial charge in [0.15, 0.2) is 0 Å². The van der Waals surface area contributed by atoms with E-state index >= 15 is 0 Å². The summed E-state index contributed by atoms with van der Waals surface area (Å²) in [7, 11) is 0. The Morgan fingerprint density at radius 3 is 2.67 bits per heavy atom. The van der Waals surface area contributed by atoms with Gasteiger partial charge in [-0.3, -0.25) is 4.79 Å². The van der Waals surface area contributed by atoms with Crippen molar-refractivity contribution in [2.24, 2.45) is 0 Å². The van der Waals surface area contributed by atoms with Crippen LogP contribution in [0.2, 0.25) is 0 Å². The van der Waals surface area contributed by atoms with Gasteiger partial charge in [-0.15, -0.1) is 0 Å². The molecule has 0 amide bonds. The van der Waals surface area contributed by atoms with Crippen molar-refractivity contribution in [3.63, 3.8) is 0 Å². The Morgan fingerprint density at radius 1 is 1.56 bits per heavy atom. The van der Waals surface area contributed by atoms with E-state index in [-0.39, 0.29) is 23.3 Å². The van der Waals surface area contributed by atoms with Gasteiger partial charge in [-0.1, -0.05) is 6.92 Å². The molecule has 18 heavy (non-hydrogen) atoms. The van der Waals surface area contributed by atoms with Gasteiger partial charge in [-0.05, 0) is 24.1 Å². The number of benzene rings is 1. The van der Waals surface area contributed by atoms with Crippen molar-refractivity contribution >= 4 is 5.97 Å². The number of nitriles is 1. The average molecular weight is 255 g/mol. The van der Waals surface area contributed by atoms with E-state index in [4.69, 9.17) is 10.4 Å². The fourth-order valence-corrected chi connectivity index (χ4v) is 1.64. The summed E-state index contributed by atoms with van der Waals surface area (Å²) in [5.41, 5.74) is 0.769. The van der Waals surface area contributed by atoms with Crippen LogP contribution in [-0.2, 0) is 17.6 Å². The molecule has 0 fully saturated rings. The molecule has 0 atom stereocenters. The van der Waals surface area contributed by atoms with Crippen molar-refractivity contribution in [2.75, 3.05) is 0 Å². The number of halogens is 2. The molecule has 0 radical (unpaired) electrons. The minimum absolute atomic E-state index is 0.136. The van der Waals surface area contributed by atoms with Crippen molar-refractivity contribution in [3.05, 3.63) is 28.8 Å². The lowest BCUT2D eigenvalue weighted by atomic mass is 10.00. The predicted octanol–water partition coefficient (Wildman–Crippen LogP) is 2.35. The van der Waals surface area contributed by atoms with Gasteiger partial charge in [0.2, 0.25) is 0 Å². The third-order valence-corrected chi connectivity index (χ3v) is 2.31. The molecule has 0 saturated carbocycles. The van der Waals surface area contributed by atoms with Gasteiger partial charge < -0.3 is 9.84 Å². The Balaban J connectivity index is 3.27. The van der Waals surface area contributed by atoms with Crippen LogP contribution in [0.4, 0.5) is 8.78 Å². The summed E-state index contributed by atoms with van der Waals surface area (Å²) in [5, 5.41) is 17.6. The van der Waals surface area contributed by atoms with E-state index < -0.39 is 12.6 Å². The van der Waals surface area contributed by atoms with Crippen LogP contribution in [0.1, 0.15) is 23.6 Å². The first-order valence-electron chi connectivity index (χ1n) is 5.20. The topological polar surface area (TPSA) is 70.3 Å². The molecule has 0 aliphatic carbocycles. The van der Waals surface area contributed by atoms with Gasteiger partial charge in [0, 0.05) is 5.56 Å². The molecule has 6 heteroatoms. The number of aliphatic carboxylic acids is 1. The number of ether oxygens (including phenoxy) is 1. The number of alkyl halides is 2. The molecule has 0 saturated heterocycles. The highest BCUT2D eigenvalue weighted by atomic mass is 19.3. The number of rotatable bonds is 5. The summed E-state index contributed by atoms with van der Waals surface area (Å²) in [5.74, 6) is -1.24. The highest BCUT2D eigenvalue weighted by Crippen LogP contribution is 2.27. The summed E-state index contributed by atoms with van der Waals surface area (Å²) in [6.45, 7) is -1.31. The Labute approximate surface area is 102 Å². The second-order valence-electron chi connectivity index (χ2n) is 3.53. The fourth-order valence-electron chi connectivity index (χ4n) is 1.64. The van der Waals surface area contributed by atoms with E-state index in [1.165, 1.54) is 12.1 Å². The lowest BCUT2D eigenvalue weighted by molar-refractivity contribution is -0.136. The first kappa shape index (κ1) is 13.9. The number of carboxylic acid groups (broad SMARTS) is 1. The Bertz CT molecular complexity index is 495. The Kier molecular flexibility index (Phi) is 4.60. The predicted molar refractivity (Wildman–Crippen MR) is 58.5 cm³/mol. The molecule has 1 rings (SSSR count). The lowest BCUT2D eigenvalue weighted by Gasteiger charge is -2.12. The van der Waals surface area contributed by atoms with Crippen LogP contribution in [0.3, 0.4) is 0 Å². The molecule has 1 aromatic rings. The number of hydrogen-bond acceptors (Lipinski definition) is 3. The van der Waals surface area contributed by atoms with E-state index in [0.717, 1.165) is 0 Å². The Hall–Kier alpha value is -2.16. The third kappa shape index (κ3) is 3.42. The van der Waals surface area contributed by atoms with Gasteiger partial charge in [-0.25, -0.2) is 0 Å². The van der Waals surface area contributed by atoms with E-state index in [1.54, 1.807) is 6.92 Å². The molecule has 1 aromatic carbocycles. The van der Waals surface area contributed by atoms with Crippen LogP contribution in [-0.4, -0.2) is 17.7 Å². The number of carboxylic acids is 1. The SMILES string of the molecule is CCc1c(C#N)cc(CC(=O)O)cc1OC(F)F. The van der Waals surface area contributed by atoms with Crippen molar-refractivity contribution < 1.29 is 23.4 Å². The summed E-state index contributed by atoms with van der Waals surface area (Å²) >= 11 is 0. The number of carbonyl (C=O) groups is 1. The zero-order valence-corrected chi connectivity index (χ0v) is 9.61. The third-order valence-electron chi connectivity index (χ3n) is 2.31. The van der Waals surface area contributed by atoms with Crippen LogP contribution in [0.15, 0.2) is 12.1 Å². The average Bonchev–Trinajstić information content (AvgIpc) is 2.26. The molecule has 0 spiro atoms. The zero-order valence-electron chi connectivity index (χ0n) is 9.61. The van der Waals surface area contributed by atoms with Crippen LogP contribution in [0.5, 0.6) is 5.75 Å². The standard InChI is InChI=1S/C12H11F2NO3/c1-2-9-8(6-15)3-7(5-11(16)17)4-10(9)18-12(13)14/h3-4,12H,2,5H2,1H3,(H,16,17). The minimum Gasteiger partial charge on any atom is -0.481 e. The molecule has 0 heterocycles. The van der Waals surface area contributed by atoms with Crippen molar-refractivity contribution in [1.82, 2.24) is 0 Å². The van der Waals surface area contributed by atoms with Gasteiger partial charge >= 0.3 is 12.6 Å². The molecular weight excluding hydrogens is 244 g/mol. The minimum atomic E-state index is -3.01. The second kappa shape index (κ2) is 5.96. The van der Waals surface area contributed by atoms with Gasteiger partial charge in [-0.2, -0.15) is 14.0 Å². The van der Waals surface area contributed by atoms with Crippen LogP contribution >= 0.6 is 0 Å². The summed E-state index contributed by atoms with van der Waals surface area (Å²) in [6, 6.07) is 4.47. The molecule has 0 aliphatic heterocycles. The van der Waals surface area contributed by atoms with Crippen LogP contribution < -0.4 is 4.74 Å². The quantitative estimate of drug-likeness (QED) is 0.876. The highest BCUT2D eigenvalue weighted by molar-refractivity contribution is 5.71. The molecule has 0 bridgehead atoms. The molecule has 1 N–H and O–H groups in total. The summed E-state index contributed by atoms with van der Waals surface area (Å²) in [6.07, 6.45) is -0.00340. The second-order valence-corrected chi connectivity index (χ2v) is 3.53. The lowest BCUT2D eigenvalue weighted by Crippen LogP contribution is -2.08. The molecule has 0 aliphatic rings. The zero-order chi connectivity index (χ0) is 13.7. The van der Waals surface area contributed by atoms with Crippen molar-refractivity contribution in [3.8, 4) is 11.8 Å². The van der Waals surface area contributed by atoms with Gasteiger partial charge in [0.1, 0.15) is 5.75 Å². The maximum atomic E-state index is 12.2. The van der Waals surface area contributed by atoms with E-state index in [2.05, 4.69) is 4.74 Å². The van der Waals surface area contributed by atoms with Gasteiger partial charge in [0.25, 0.3) is 0 Å². The Morgan fingerprint density at radius 2 is 2.22 bits per heavy atom. The summed E-state index contributed by atoms with van der Waals surface area (Å²) < 4.78 is 28.8. The molecule has 0 aromatic heterocycles. The van der Waals surface area contributed by atoms with E-state index in [0.29, 0.717) is 12.0 Å². The maximum Gasteiger partial charge on any atom is 0.387 e. The molecule has 96 valence electrons. The number of nitrogens with zero attached hydrogens (tertiary/aromatic N) is 1. The van der Waals surface area contributed by atoms with E-state index in [1.807, 2.05) is 6.07 Å². The maximum absolute atomic E-state index is 12.2. The van der Waals surface area contributed by atoms with Crippen molar-refractivity contribution in [1.29, 1.82) is 5.26 Å². The summed E-state index contributed by atoms with van der Waals surface area (Å²) in [4.78, 5) is 10.6. The van der Waals surface area contributed by atoms with Crippen LogP contribution in [0.25, 0.3) is 0 Å². The van der Waals surface area contributed by atoms with Crippen molar-refractivity contribution in [2.45, 2.75) is 26.4 Å².